The first-order valence-corrected chi connectivity index (χ1v) is 7.81. The van der Waals surface area contributed by atoms with E-state index in [1.165, 1.54) is 18.9 Å². The Balaban J connectivity index is 2.32. The van der Waals surface area contributed by atoms with Crippen LogP contribution in [0.5, 0.6) is 5.75 Å². The normalized spacial score (nSPS) is 18.4. The molecule has 1 atom stereocenters. The van der Waals surface area contributed by atoms with Crippen molar-refractivity contribution in [1.82, 2.24) is 9.47 Å². The summed E-state index contributed by atoms with van der Waals surface area (Å²) in [6.45, 7) is 6.50. The predicted octanol–water partition coefficient (Wildman–Crippen LogP) is 1.62. The summed E-state index contributed by atoms with van der Waals surface area (Å²) in [5.41, 5.74) is 1.07. The van der Waals surface area contributed by atoms with E-state index in [0.29, 0.717) is 18.8 Å². The molecule has 0 radical (unpaired) electrons. The standard InChI is InChI=1S/C16H26N2O3/c1-12-9-15(20)16(21)14(18(12)10-13(2)19)11-17-7-5-3-4-6-8-17/h9,13,19,21H,3-8,10-11H2,1-2H3. The Morgan fingerprint density at radius 2 is 1.86 bits per heavy atom. The van der Waals surface area contributed by atoms with Gasteiger partial charge in [0.2, 0.25) is 5.43 Å². The maximum Gasteiger partial charge on any atom is 0.223 e. The number of pyridine rings is 1. The Kier molecular flexibility index (Phi) is 5.42. The topological polar surface area (TPSA) is 65.7 Å². The van der Waals surface area contributed by atoms with Gasteiger partial charge in [0.1, 0.15) is 0 Å². The molecule has 21 heavy (non-hydrogen) atoms. The molecule has 1 saturated heterocycles. The number of hydrogen-bond donors (Lipinski definition) is 2. The molecule has 1 aromatic heterocycles. The molecule has 1 unspecified atom stereocenters. The van der Waals surface area contributed by atoms with Crippen LogP contribution >= 0.6 is 0 Å². The summed E-state index contributed by atoms with van der Waals surface area (Å²) in [6.07, 6.45) is 4.29. The Bertz CT molecular complexity index is 529. The molecule has 0 amide bonds. The van der Waals surface area contributed by atoms with Crippen molar-refractivity contribution in [3.8, 4) is 5.75 Å². The minimum atomic E-state index is -0.520. The molecular weight excluding hydrogens is 268 g/mol. The third-order valence-corrected chi connectivity index (χ3v) is 4.12. The number of likely N-dealkylation sites (tertiary alicyclic amines) is 1. The maximum absolute atomic E-state index is 11.9. The van der Waals surface area contributed by atoms with E-state index >= 15 is 0 Å². The van der Waals surface area contributed by atoms with Crippen LogP contribution < -0.4 is 5.43 Å². The Hall–Kier alpha value is -1.33. The van der Waals surface area contributed by atoms with E-state index in [1.807, 2.05) is 11.5 Å². The zero-order valence-corrected chi connectivity index (χ0v) is 13.0. The predicted molar refractivity (Wildman–Crippen MR) is 82.5 cm³/mol. The fraction of sp³-hybridized carbons (Fsp3) is 0.688. The number of aliphatic hydroxyl groups is 1. The average molecular weight is 294 g/mol. The van der Waals surface area contributed by atoms with Gasteiger partial charge in [-0.25, -0.2) is 0 Å². The Morgan fingerprint density at radius 1 is 1.24 bits per heavy atom. The molecule has 2 heterocycles. The second kappa shape index (κ2) is 7.09. The highest BCUT2D eigenvalue weighted by Gasteiger charge is 2.18. The van der Waals surface area contributed by atoms with E-state index in [-0.39, 0.29) is 11.2 Å². The minimum absolute atomic E-state index is 0.175. The quantitative estimate of drug-likeness (QED) is 0.885. The molecule has 1 aromatic rings. The number of aryl methyl sites for hydroxylation is 1. The van der Waals surface area contributed by atoms with Crippen molar-refractivity contribution >= 4 is 0 Å². The number of aromatic hydroxyl groups is 1. The number of rotatable bonds is 4. The van der Waals surface area contributed by atoms with Crippen LogP contribution in [0.15, 0.2) is 10.9 Å². The maximum atomic E-state index is 11.9. The minimum Gasteiger partial charge on any atom is -0.503 e. The van der Waals surface area contributed by atoms with Crippen LogP contribution in [0.25, 0.3) is 0 Å². The van der Waals surface area contributed by atoms with E-state index < -0.39 is 6.10 Å². The van der Waals surface area contributed by atoms with E-state index in [0.717, 1.165) is 31.6 Å². The largest absolute Gasteiger partial charge is 0.503 e. The summed E-state index contributed by atoms with van der Waals surface area (Å²) in [7, 11) is 0. The van der Waals surface area contributed by atoms with Crippen molar-refractivity contribution in [2.24, 2.45) is 0 Å². The zero-order chi connectivity index (χ0) is 15.4. The molecule has 0 aliphatic carbocycles. The molecule has 0 saturated carbocycles. The van der Waals surface area contributed by atoms with Crippen molar-refractivity contribution in [3.05, 3.63) is 27.7 Å². The van der Waals surface area contributed by atoms with E-state index in [4.69, 9.17) is 0 Å². The monoisotopic (exact) mass is 294 g/mol. The molecule has 2 N–H and O–H groups in total. The van der Waals surface area contributed by atoms with Gasteiger partial charge in [-0.3, -0.25) is 9.69 Å². The molecular formula is C16H26N2O3. The van der Waals surface area contributed by atoms with E-state index in [2.05, 4.69) is 4.90 Å². The van der Waals surface area contributed by atoms with Gasteiger partial charge in [-0.05, 0) is 39.8 Å². The molecule has 1 aliphatic rings. The first-order valence-electron chi connectivity index (χ1n) is 7.81. The van der Waals surface area contributed by atoms with Crippen molar-refractivity contribution in [3.63, 3.8) is 0 Å². The third kappa shape index (κ3) is 4.08. The molecule has 118 valence electrons. The fourth-order valence-electron chi connectivity index (χ4n) is 3.00. The molecule has 2 rings (SSSR count). The lowest BCUT2D eigenvalue weighted by molar-refractivity contribution is 0.167. The molecule has 0 aromatic carbocycles. The van der Waals surface area contributed by atoms with Crippen molar-refractivity contribution in [2.45, 2.75) is 58.7 Å². The Labute approximate surface area is 125 Å². The van der Waals surface area contributed by atoms with Crippen LogP contribution in [0.1, 0.15) is 44.0 Å². The highest BCUT2D eigenvalue weighted by atomic mass is 16.3. The summed E-state index contributed by atoms with van der Waals surface area (Å²) >= 11 is 0. The average Bonchev–Trinajstić information content (AvgIpc) is 2.68. The van der Waals surface area contributed by atoms with Crippen molar-refractivity contribution in [1.29, 1.82) is 0 Å². The summed E-state index contributed by atoms with van der Waals surface area (Å²) in [4.78, 5) is 14.2. The summed E-state index contributed by atoms with van der Waals surface area (Å²) in [5.74, 6) is -0.175. The number of nitrogens with zero attached hydrogens (tertiary/aromatic N) is 2. The highest BCUT2D eigenvalue weighted by molar-refractivity contribution is 5.30. The molecule has 1 fully saturated rings. The van der Waals surface area contributed by atoms with Crippen LogP contribution in [-0.2, 0) is 13.1 Å². The Morgan fingerprint density at radius 3 is 2.43 bits per heavy atom. The van der Waals surface area contributed by atoms with Gasteiger partial charge >= 0.3 is 0 Å². The smallest absolute Gasteiger partial charge is 0.223 e. The SMILES string of the molecule is Cc1cc(=O)c(O)c(CN2CCCCCC2)n1CC(C)O. The second-order valence-corrected chi connectivity index (χ2v) is 6.10. The van der Waals surface area contributed by atoms with Gasteiger partial charge < -0.3 is 14.8 Å². The lowest BCUT2D eigenvalue weighted by atomic mass is 10.2. The number of hydrogen-bond acceptors (Lipinski definition) is 4. The first-order chi connectivity index (χ1) is 9.99. The highest BCUT2D eigenvalue weighted by Crippen LogP contribution is 2.20. The van der Waals surface area contributed by atoms with Crippen LogP contribution in [-0.4, -0.2) is 38.9 Å². The van der Waals surface area contributed by atoms with Gasteiger partial charge in [-0.15, -0.1) is 0 Å². The van der Waals surface area contributed by atoms with E-state index in [9.17, 15) is 15.0 Å². The lowest BCUT2D eigenvalue weighted by Crippen LogP contribution is -2.29. The van der Waals surface area contributed by atoms with Gasteiger partial charge in [-0.2, -0.15) is 0 Å². The summed E-state index contributed by atoms with van der Waals surface area (Å²) in [5, 5.41) is 19.8. The molecule has 0 bridgehead atoms. The van der Waals surface area contributed by atoms with Crippen LogP contribution in [0.2, 0.25) is 0 Å². The molecule has 5 nitrogen and oxygen atoms in total. The van der Waals surface area contributed by atoms with Gasteiger partial charge in [0, 0.05) is 24.8 Å². The molecule has 0 spiro atoms. The third-order valence-electron chi connectivity index (χ3n) is 4.12. The summed E-state index contributed by atoms with van der Waals surface area (Å²) < 4.78 is 1.87. The van der Waals surface area contributed by atoms with Crippen molar-refractivity contribution in [2.75, 3.05) is 13.1 Å². The zero-order valence-electron chi connectivity index (χ0n) is 13.0. The van der Waals surface area contributed by atoms with E-state index in [1.54, 1.807) is 6.92 Å². The fourth-order valence-corrected chi connectivity index (χ4v) is 3.00. The van der Waals surface area contributed by atoms with Gasteiger partial charge in [-0.1, -0.05) is 12.8 Å². The van der Waals surface area contributed by atoms with Crippen LogP contribution in [0, 0.1) is 6.92 Å². The van der Waals surface area contributed by atoms with Gasteiger partial charge in [0.05, 0.1) is 11.8 Å². The lowest BCUT2D eigenvalue weighted by Gasteiger charge is -2.25. The number of aromatic nitrogens is 1. The van der Waals surface area contributed by atoms with Crippen molar-refractivity contribution < 1.29 is 10.2 Å². The summed E-state index contributed by atoms with van der Waals surface area (Å²) in [6, 6.07) is 1.43. The molecule has 1 aliphatic heterocycles. The van der Waals surface area contributed by atoms with Crippen LogP contribution in [0.3, 0.4) is 0 Å². The molecule has 5 heteroatoms. The van der Waals surface area contributed by atoms with Gasteiger partial charge in [0.15, 0.2) is 5.75 Å². The van der Waals surface area contributed by atoms with Crippen LogP contribution in [0.4, 0.5) is 0 Å². The van der Waals surface area contributed by atoms with Gasteiger partial charge in [0.25, 0.3) is 0 Å². The first kappa shape index (κ1) is 16.0. The second-order valence-electron chi connectivity index (χ2n) is 6.10. The number of aliphatic hydroxyl groups excluding tert-OH is 1.